The molecule has 2 radical (unpaired) electrons. The van der Waals surface area contributed by atoms with E-state index in [1.807, 2.05) is 0 Å². The highest BCUT2D eigenvalue weighted by Crippen LogP contribution is 2.45. The standard InChI is InChI=1S/C8H12O2/c9-5-10-8-3-6-1-7(2-6)4-8/h6-9H,1,3-5H2. The third kappa shape index (κ3) is 1.06. The van der Waals surface area contributed by atoms with Crippen LogP contribution >= 0.6 is 0 Å². The zero-order chi connectivity index (χ0) is 6.97. The molecule has 3 aliphatic rings. The molecule has 3 fully saturated rings. The molecule has 0 aromatic carbocycles. The monoisotopic (exact) mass is 140 g/mol. The largest absolute Gasteiger partial charge is 0.371 e. The van der Waals surface area contributed by atoms with Gasteiger partial charge in [0.05, 0.1) is 6.10 Å². The number of rotatable bonds is 2. The van der Waals surface area contributed by atoms with Gasteiger partial charge in [-0.15, -0.1) is 0 Å². The van der Waals surface area contributed by atoms with E-state index in [9.17, 15) is 0 Å². The Morgan fingerprint density at radius 1 is 1.30 bits per heavy atom. The smallest absolute Gasteiger partial charge is 0.143 e. The molecule has 0 heterocycles. The summed E-state index contributed by atoms with van der Waals surface area (Å²) in [7, 11) is 0. The summed E-state index contributed by atoms with van der Waals surface area (Å²) < 4.78 is 5.10. The van der Waals surface area contributed by atoms with E-state index in [1.54, 1.807) is 0 Å². The number of ether oxygens (including phenoxy) is 1. The molecule has 2 atom stereocenters. The molecule has 3 aliphatic carbocycles. The van der Waals surface area contributed by atoms with Gasteiger partial charge in [0.1, 0.15) is 6.79 Å². The molecule has 3 saturated carbocycles. The summed E-state index contributed by atoms with van der Waals surface area (Å²) in [5.41, 5.74) is 0. The minimum absolute atomic E-state index is 0.121. The Balaban J connectivity index is 1.80. The number of aliphatic hydroxyl groups excluding tert-OH is 1. The van der Waals surface area contributed by atoms with Crippen LogP contribution in [-0.2, 0) is 4.74 Å². The molecule has 0 aromatic rings. The van der Waals surface area contributed by atoms with Gasteiger partial charge in [-0.2, -0.15) is 0 Å². The molecular formula is C8H12O2. The molecule has 2 heteroatoms. The average molecular weight is 140 g/mol. The Labute approximate surface area is 61.2 Å². The van der Waals surface area contributed by atoms with E-state index in [1.165, 1.54) is 6.42 Å². The summed E-state index contributed by atoms with van der Waals surface area (Å²) >= 11 is 0. The zero-order valence-corrected chi connectivity index (χ0v) is 5.92. The van der Waals surface area contributed by atoms with Crippen LogP contribution in [0.25, 0.3) is 0 Å². The predicted octanol–water partition coefficient (Wildman–Crippen LogP) is 0.833. The Morgan fingerprint density at radius 3 is 2.40 bits per heavy atom. The maximum Gasteiger partial charge on any atom is 0.143 e. The fourth-order valence-electron chi connectivity index (χ4n) is 1.95. The van der Waals surface area contributed by atoms with Gasteiger partial charge in [-0.25, -0.2) is 0 Å². The topological polar surface area (TPSA) is 29.5 Å². The Kier molecular flexibility index (Phi) is 1.66. The maximum atomic E-state index is 8.48. The minimum atomic E-state index is -0.121. The predicted molar refractivity (Wildman–Crippen MR) is 36.0 cm³/mol. The van der Waals surface area contributed by atoms with Gasteiger partial charge in [0.15, 0.2) is 0 Å². The van der Waals surface area contributed by atoms with E-state index in [4.69, 9.17) is 9.84 Å². The summed E-state index contributed by atoms with van der Waals surface area (Å²) in [6.45, 7) is -0.121. The molecule has 0 aliphatic heterocycles. The van der Waals surface area contributed by atoms with Crippen LogP contribution in [0.2, 0.25) is 0 Å². The van der Waals surface area contributed by atoms with E-state index >= 15 is 0 Å². The van der Waals surface area contributed by atoms with E-state index < -0.39 is 0 Å². The second kappa shape index (κ2) is 2.51. The lowest BCUT2D eigenvalue weighted by Gasteiger charge is -2.43. The van der Waals surface area contributed by atoms with Crippen LogP contribution in [0, 0.1) is 18.3 Å². The molecule has 0 amide bonds. The van der Waals surface area contributed by atoms with E-state index in [0.717, 1.165) is 12.8 Å². The number of hydrogen-bond donors (Lipinski definition) is 1. The summed E-state index contributed by atoms with van der Waals surface area (Å²) in [6.07, 6.45) is 7.19. The maximum absolute atomic E-state index is 8.48. The number of fused-ring (bicyclic) bond motifs is 2. The highest BCUT2D eigenvalue weighted by Gasteiger charge is 2.39. The highest BCUT2D eigenvalue weighted by molar-refractivity contribution is 5.02. The third-order valence-corrected chi connectivity index (χ3v) is 2.45. The van der Waals surface area contributed by atoms with Gasteiger partial charge in [0.25, 0.3) is 0 Å². The van der Waals surface area contributed by atoms with Crippen LogP contribution in [0.1, 0.15) is 19.3 Å². The summed E-state index contributed by atoms with van der Waals surface area (Å²) in [5, 5.41) is 8.48. The summed E-state index contributed by atoms with van der Waals surface area (Å²) in [5.74, 6) is 1.35. The van der Waals surface area contributed by atoms with Crippen molar-refractivity contribution in [2.24, 2.45) is 11.8 Å². The molecule has 2 unspecified atom stereocenters. The van der Waals surface area contributed by atoms with Crippen molar-refractivity contribution >= 4 is 0 Å². The van der Waals surface area contributed by atoms with Crippen molar-refractivity contribution in [2.75, 3.05) is 6.79 Å². The van der Waals surface area contributed by atoms with Crippen LogP contribution in [0.15, 0.2) is 0 Å². The van der Waals surface area contributed by atoms with Gasteiger partial charge < -0.3 is 9.84 Å². The second-order valence-corrected chi connectivity index (χ2v) is 3.19. The molecule has 10 heavy (non-hydrogen) atoms. The average Bonchev–Trinajstić information content (AvgIpc) is 1.87. The number of hydrogen-bond acceptors (Lipinski definition) is 2. The first-order chi connectivity index (χ1) is 4.88. The van der Waals surface area contributed by atoms with Crippen LogP contribution in [0.4, 0.5) is 0 Å². The molecule has 0 spiro atoms. The zero-order valence-electron chi connectivity index (χ0n) is 5.92. The number of aliphatic hydroxyl groups is 1. The van der Waals surface area contributed by atoms with Gasteiger partial charge >= 0.3 is 0 Å². The Bertz CT molecular complexity index is 108. The molecule has 2 nitrogen and oxygen atoms in total. The molecule has 3 rings (SSSR count). The summed E-state index contributed by atoms with van der Waals surface area (Å²) in [6, 6.07) is 0. The van der Waals surface area contributed by atoms with Crippen LogP contribution in [-0.4, -0.2) is 18.0 Å². The first-order valence-electron chi connectivity index (χ1n) is 3.87. The van der Waals surface area contributed by atoms with Crippen LogP contribution in [0.3, 0.4) is 0 Å². The van der Waals surface area contributed by atoms with Crippen molar-refractivity contribution in [2.45, 2.75) is 25.4 Å². The van der Waals surface area contributed by atoms with Gasteiger partial charge in [-0.1, -0.05) is 0 Å². The fraction of sp³-hybridized carbons (Fsp3) is 0.875. The SMILES string of the molecule is OCOC1CC2[C]C(C2)C1. The fourth-order valence-corrected chi connectivity index (χ4v) is 1.95. The van der Waals surface area contributed by atoms with Gasteiger partial charge in [-0.3, -0.25) is 0 Å². The van der Waals surface area contributed by atoms with Crippen molar-refractivity contribution in [3.63, 3.8) is 0 Å². The van der Waals surface area contributed by atoms with Crippen molar-refractivity contribution in [3.05, 3.63) is 6.42 Å². The van der Waals surface area contributed by atoms with E-state index in [0.29, 0.717) is 17.9 Å². The minimum Gasteiger partial charge on any atom is -0.371 e. The molecule has 0 aromatic heterocycles. The lowest BCUT2D eigenvalue weighted by Crippen LogP contribution is -2.38. The van der Waals surface area contributed by atoms with Crippen molar-refractivity contribution < 1.29 is 9.84 Å². The van der Waals surface area contributed by atoms with Crippen molar-refractivity contribution in [3.8, 4) is 0 Å². The van der Waals surface area contributed by atoms with Crippen molar-refractivity contribution in [1.82, 2.24) is 0 Å². The van der Waals surface area contributed by atoms with Gasteiger partial charge in [0, 0.05) is 0 Å². The highest BCUT2D eigenvalue weighted by atomic mass is 16.6. The van der Waals surface area contributed by atoms with E-state index in [2.05, 4.69) is 6.42 Å². The lowest BCUT2D eigenvalue weighted by atomic mass is 9.64. The Hall–Kier alpha value is -0.0800. The van der Waals surface area contributed by atoms with Gasteiger partial charge in [0.2, 0.25) is 0 Å². The molecule has 0 saturated heterocycles. The van der Waals surface area contributed by atoms with Crippen LogP contribution < -0.4 is 0 Å². The van der Waals surface area contributed by atoms with Gasteiger partial charge in [-0.05, 0) is 37.5 Å². The summed E-state index contributed by atoms with van der Waals surface area (Å²) in [4.78, 5) is 0. The van der Waals surface area contributed by atoms with Crippen molar-refractivity contribution in [1.29, 1.82) is 0 Å². The lowest BCUT2D eigenvalue weighted by molar-refractivity contribution is -0.0883. The van der Waals surface area contributed by atoms with E-state index in [-0.39, 0.29) is 6.79 Å². The third-order valence-electron chi connectivity index (χ3n) is 2.45. The molecule has 1 N–H and O–H groups in total. The normalized spacial score (nSPS) is 44.7. The first kappa shape index (κ1) is 6.62. The molecule has 2 bridgehead atoms. The Morgan fingerprint density at radius 2 is 1.90 bits per heavy atom. The first-order valence-corrected chi connectivity index (χ1v) is 3.87. The van der Waals surface area contributed by atoms with Crippen LogP contribution in [0.5, 0.6) is 0 Å². The molecule has 56 valence electrons. The molecular weight excluding hydrogens is 128 g/mol. The second-order valence-electron chi connectivity index (χ2n) is 3.19. The quantitative estimate of drug-likeness (QED) is 0.576.